The maximum Gasteiger partial charge on any atom is 0.295 e. The third-order valence-corrected chi connectivity index (χ3v) is 2.79. The van der Waals surface area contributed by atoms with Gasteiger partial charge < -0.3 is 14.8 Å². The van der Waals surface area contributed by atoms with Crippen LogP contribution in [0.3, 0.4) is 0 Å². The minimum absolute atomic E-state index is 0.123. The van der Waals surface area contributed by atoms with E-state index in [2.05, 4.69) is 10.3 Å². The number of aromatic nitrogens is 1. The summed E-state index contributed by atoms with van der Waals surface area (Å²) in [7, 11) is 0. The Hall–Kier alpha value is -1.55. The minimum atomic E-state index is 0.123. The molecule has 1 aromatic carbocycles. The van der Waals surface area contributed by atoms with Gasteiger partial charge in [-0.2, -0.15) is 4.98 Å². The zero-order chi connectivity index (χ0) is 11.5. The summed E-state index contributed by atoms with van der Waals surface area (Å²) in [5.41, 5.74) is 1.61. The first-order chi connectivity index (χ1) is 7.70. The molecule has 2 N–H and O–H groups in total. The second-order valence-electron chi connectivity index (χ2n) is 4.08. The molecule has 4 heteroatoms. The molecule has 0 radical (unpaired) electrons. The van der Waals surface area contributed by atoms with Gasteiger partial charge in [-0.05, 0) is 25.0 Å². The van der Waals surface area contributed by atoms with Crippen molar-refractivity contribution in [3.05, 3.63) is 24.3 Å². The van der Waals surface area contributed by atoms with Crippen LogP contribution in [0.2, 0.25) is 0 Å². The van der Waals surface area contributed by atoms with E-state index in [1.54, 1.807) is 0 Å². The molecule has 2 rings (SSSR count). The molecular formula is C12H16N2O2. The summed E-state index contributed by atoms with van der Waals surface area (Å²) in [5, 5.41) is 12.2. The van der Waals surface area contributed by atoms with E-state index in [0.717, 1.165) is 11.1 Å². The largest absolute Gasteiger partial charge is 0.424 e. The number of anilines is 1. The van der Waals surface area contributed by atoms with E-state index in [-0.39, 0.29) is 18.6 Å². The highest BCUT2D eigenvalue weighted by atomic mass is 16.4. The van der Waals surface area contributed by atoms with Gasteiger partial charge in [0, 0.05) is 12.6 Å². The molecule has 4 nitrogen and oxygen atoms in total. The lowest BCUT2D eigenvalue weighted by molar-refractivity contribution is 0.225. The van der Waals surface area contributed by atoms with Gasteiger partial charge in [0.15, 0.2) is 5.58 Å². The highest BCUT2D eigenvalue weighted by molar-refractivity contribution is 5.74. The molecule has 2 atom stereocenters. The number of nitrogens with zero attached hydrogens (tertiary/aromatic N) is 1. The van der Waals surface area contributed by atoms with Crippen molar-refractivity contribution in [1.29, 1.82) is 0 Å². The van der Waals surface area contributed by atoms with Crippen LogP contribution in [0, 0.1) is 5.92 Å². The predicted octanol–water partition coefficient (Wildman–Crippen LogP) is 2.26. The van der Waals surface area contributed by atoms with Crippen LogP contribution in [0.25, 0.3) is 11.1 Å². The first-order valence-electron chi connectivity index (χ1n) is 5.43. The number of hydrogen-bond acceptors (Lipinski definition) is 4. The fraction of sp³-hybridized carbons (Fsp3) is 0.417. The molecule has 1 heterocycles. The van der Waals surface area contributed by atoms with Crippen molar-refractivity contribution in [2.75, 3.05) is 11.9 Å². The van der Waals surface area contributed by atoms with Crippen molar-refractivity contribution >= 4 is 17.1 Å². The lowest BCUT2D eigenvalue weighted by Gasteiger charge is -2.17. The number of aliphatic hydroxyl groups is 1. The fourth-order valence-electron chi connectivity index (χ4n) is 1.43. The average Bonchev–Trinajstić information content (AvgIpc) is 2.69. The number of nitrogens with one attached hydrogen (secondary N) is 1. The predicted molar refractivity (Wildman–Crippen MR) is 63.3 cm³/mol. The van der Waals surface area contributed by atoms with E-state index in [1.165, 1.54) is 0 Å². The number of aliphatic hydroxyl groups excluding tert-OH is 1. The van der Waals surface area contributed by atoms with Gasteiger partial charge in [-0.3, -0.25) is 0 Å². The van der Waals surface area contributed by atoms with Gasteiger partial charge >= 0.3 is 0 Å². The summed E-state index contributed by atoms with van der Waals surface area (Å²) in [4.78, 5) is 4.31. The van der Waals surface area contributed by atoms with Crippen LogP contribution in [-0.2, 0) is 0 Å². The van der Waals surface area contributed by atoms with Crippen molar-refractivity contribution in [2.24, 2.45) is 5.92 Å². The monoisotopic (exact) mass is 220 g/mol. The molecular weight excluding hydrogens is 204 g/mol. The molecule has 0 saturated heterocycles. The number of rotatable bonds is 4. The maximum atomic E-state index is 9.03. The van der Waals surface area contributed by atoms with E-state index in [1.807, 2.05) is 38.1 Å². The van der Waals surface area contributed by atoms with Gasteiger partial charge in [-0.1, -0.05) is 19.1 Å². The maximum absolute atomic E-state index is 9.03. The fourth-order valence-corrected chi connectivity index (χ4v) is 1.43. The number of hydrogen-bond donors (Lipinski definition) is 2. The molecule has 0 aliphatic rings. The van der Waals surface area contributed by atoms with Crippen molar-refractivity contribution in [3.8, 4) is 0 Å². The number of oxazole rings is 1. The minimum Gasteiger partial charge on any atom is -0.424 e. The first kappa shape index (κ1) is 11.0. The molecule has 0 fully saturated rings. The molecule has 0 saturated carbocycles. The Morgan fingerprint density at radius 2 is 2.12 bits per heavy atom. The Kier molecular flexibility index (Phi) is 3.10. The highest BCUT2D eigenvalue weighted by Crippen LogP contribution is 2.19. The molecule has 16 heavy (non-hydrogen) atoms. The lowest BCUT2D eigenvalue weighted by atomic mass is 10.1. The van der Waals surface area contributed by atoms with Crippen LogP contribution in [0.15, 0.2) is 28.7 Å². The van der Waals surface area contributed by atoms with Gasteiger partial charge in [-0.15, -0.1) is 0 Å². The van der Waals surface area contributed by atoms with Crippen LogP contribution < -0.4 is 5.32 Å². The van der Waals surface area contributed by atoms with Crippen LogP contribution in [0.4, 0.5) is 6.01 Å². The smallest absolute Gasteiger partial charge is 0.295 e. The van der Waals surface area contributed by atoms with Gasteiger partial charge in [0.25, 0.3) is 6.01 Å². The second kappa shape index (κ2) is 4.53. The summed E-state index contributed by atoms with van der Waals surface area (Å²) >= 11 is 0. The van der Waals surface area contributed by atoms with E-state index in [4.69, 9.17) is 9.52 Å². The van der Waals surface area contributed by atoms with Crippen molar-refractivity contribution in [2.45, 2.75) is 19.9 Å². The van der Waals surface area contributed by atoms with E-state index in [9.17, 15) is 0 Å². The number of fused-ring (bicyclic) bond motifs is 1. The zero-order valence-corrected chi connectivity index (χ0v) is 9.47. The van der Waals surface area contributed by atoms with E-state index < -0.39 is 0 Å². The Bertz CT molecular complexity index is 434. The van der Waals surface area contributed by atoms with Crippen LogP contribution in [0.5, 0.6) is 0 Å². The SMILES string of the molecule is CC(CO)C(C)Nc1nc2ccccc2o1. The molecule has 2 aromatic rings. The standard InChI is InChI=1S/C12H16N2O2/c1-8(7-15)9(2)13-12-14-10-5-3-4-6-11(10)16-12/h3-6,8-9,15H,7H2,1-2H3,(H,13,14). The van der Waals surface area contributed by atoms with Crippen molar-refractivity contribution in [1.82, 2.24) is 4.98 Å². The molecule has 0 aliphatic heterocycles. The van der Waals surface area contributed by atoms with Gasteiger partial charge in [-0.25, -0.2) is 0 Å². The summed E-state index contributed by atoms with van der Waals surface area (Å²) in [6.45, 7) is 4.12. The van der Waals surface area contributed by atoms with Crippen molar-refractivity contribution < 1.29 is 9.52 Å². The summed E-state index contributed by atoms with van der Waals surface area (Å²) in [6.07, 6.45) is 0. The third-order valence-electron chi connectivity index (χ3n) is 2.79. The zero-order valence-electron chi connectivity index (χ0n) is 9.47. The van der Waals surface area contributed by atoms with Gasteiger partial charge in [0.2, 0.25) is 0 Å². The van der Waals surface area contributed by atoms with Crippen LogP contribution in [-0.4, -0.2) is 22.7 Å². The first-order valence-corrected chi connectivity index (χ1v) is 5.43. The number of para-hydroxylation sites is 2. The molecule has 0 spiro atoms. The summed E-state index contributed by atoms with van der Waals surface area (Å²) in [6, 6.07) is 8.26. The lowest BCUT2D eigenvalue weighted by Crippen LogP contribution is -2.26. The molecule has 0 aliphatic carbocycles. The topological polar surface area (TPSA) is 58.3 Å². The summed E-state index contributed by atoms with van der Waals surface area (Å²) in [5.74, 6) is 0.162. The molecule has 0 bridgehead atoms. The van der Waals surface area contributed by atoms with E-state index >= 15 is 0 Å². The molecule has 1 aromatic heterocycles. The normalized spacial score (nSPS) is 14.9. The summed E-state index contributed by atoms with van der Waals surface area (Å²) < 4.78 is 5.53. The molecule has 0 amide bonds. The quantitative estimate of drug-likeness (QED) is 0.829. The molecule has 86 valence electrons. The van der Waals surface area contributed by atoms with E-state index in [0.29, 0.717) is 6.01 Å². The average molecular weight is 220 g/mol. The van der Waals surface area contributed by atoms with Crippen LogP contribution >= 0.6 is 0 Å². The Labute approximate surface area is 94.3 Å². The van der Waals surface area contributed by atoms with Gasteiger partial charge in [0.05, 0.1) is 0 Å². The second-order valence-corrected chi connectivity index (χ2v) is 4.08. The van der Waals surface area contributed by atoms with Gasteiger partial charge in [0.1, 0.15) is 5.52 Å². The molecule has 2 unspecified atom stereocenters. The Balaban J connectivity index is 2.15. The number of benzene rings is 1. The Morgan fingerprint density at radius 3 is 2.81 bits per heavy atom. The Morgan fingerprint density at radius 1 is 1.38 bits per heavy atom. The highest BCUT2D eigenvalue weighted by Gasteiger charge is 2.13. The van der Waals surface area contributed by atoms with Crippen molar-refractivity contribution in [3.63, 3.8) is 0 Å². The van der Waals surface area contributed by atoms with Crippen LogP contribution in [0.1, 0.15) is 13.8 Å². The third kappa shape index (κ3) is 2.17.